The highest BCUT2D eigenvalue weighted by atomic mass is 32.1. The topological polar surface area (TPSA) is 96.2 Å². The minimum Gasteiger partial charge on any atom is -0.370 e. The van der Waals surface area contributed by atoms with E-state index in [1.165, 1.54) is 11.3 Å². The van der Waals surface area contributed by atoms with Crippen LogP contribution in [0.15, 0.2) is 23.6 Å². The third kappa shape index (κ3) is 4.85. The van der Waals surface area contributed by atoms with Crippen LogP contribution in [0.25, 0.3) is 0 Å². The van der Waals surface area contributed by atoms with Crippen LogP contribution in [0.1, 0.15) is 42.3 Å². The predicted octanol–water partition coefficient (Wildman–Crippen LogP) is 2.73. The smallest absolute Gasteiger partial charge is 0.261 e. The highest BCUT2D eigenvalue weighted by molar-refractivity contribution is 7.12. The average molecular weight is 375 g/mol. The molecule has 3 rings (SSSR count). The van der Waals surface area contributed by atoms with Crippen molar-refractivity contribution in [1.82, 2.24) is 15.3 Å². The number of amides is 1. The van der Waals surface area contributed by atoms with Gasteiger partial charge in [0.2, 0.25) is 5.95 Å². The number of hydrogen-bond acceptors (Lipinski definition) is 7. The van der Waals surface area contributed by atoms with Crippen molar-refractivity contribution in [3.05, 3.63) is 28.5 Å². The number of piperidine rings is 1. The lowest BCUT2D eigenvalue weighted by molar-refractivity contribution is 0.0935. The Hall–Kier alpha value is -2.35. The molecule has 2 aromatic heterocycles. The van der Waals surface area contributed by atoms with Gasteiger partial charge < -0.3 is 21.3 Å². The van der Waals surface area contributed by atoms with Crippen LogP contribution in [-0.2, 0) is 0 Å². The molecule has 0 unspecified atom stereocenters. The molecule has 2 aromatic rings. The molecule has 0 saturated carbocycles. The van der Waals surface area contributed by atoms with Crippen LogP contribution >= 0.6 is 11.3 Å². The third-order valence-corrected chi connectivity index (χ3v) is 5.33. The Morgan fingerprint density at radius 3 is 2.88 bits per heavy atom. The first-order valence-electron chi connectivity index (χ1n) is 9.13. The normalized spacial score (nSPS) is 15.0. The van der Waals surface area contributed by atoms with Gasteiger partial charge in [-0.2, -0.15) is 9.97 Å². The maximum absolute atomic E-state index is 12.2. The largest absolute Gasteiger partial charge is 0.370 e. The van der Waals surface area contributed by atoms with E-state index in [0.717, 1.165) is 61.8 Å². The third-order valence-electron chi connectivity index (χ3n) is 4.47. The van der Waals surface area contributed by atoms with Crippen molar-refractivity contribution in [3.8, 4) is 0 Å². The lowest BCUT2D eigenvalue weighted by Gasteiger charge is -2.33. The predicted molar refractivity (Wildman–Crippen MR) is 107 cm³/mol. The second-order valence-corrected chi connectivity index (χ2v) is 7.41. The number of thiophene rings is 1. The first kappa shape index (κ1) is 18.4. The molecule has 0 aromatic carbocycles. The fraction of sp³-hybridized carbons (Fsp3) is 0.500. The maximum Gasteiger partial charge on any atom is 0.261 e. The fourth-order valence-corrected chi connectivity index (χ4v) is 3.64. The van der Waals surface area contributed by atoms with Gasteiger partial charge in [-0.3, -0.25) is 4.79 Å². The molecule has 0 atom stereocenters. The van der Waals surface area contributed by atoms with E-state index in [9.17, 15) is 4.79 Å². The Balaban J connectivity index is 1.55. The summed E-state index contributed by atoms with van der Waals surface area (Å²) in [5.74, 6) is 1.93. The second-order valence-electron chi connectivity index (χ2n) is 6.46. The molecule has 140 valence electrons. The summed E-state index contributed by atoms with van der Waals surface area (Å²) in [6.45, 7) is 4.70. The molecular weight excluding hydrogens is 348 g/mol. The number of unbranched alkanes of at least 4 members (excludes halogenated alkanes) is 1. The van der Waals surface area contributed by atoms with Crippen molar-refractivity contribution < 1.29 is 4.79 Å². The summed E-state index contributed by atoms with van der Waals surface area (Å²) in [5.41, 5.74) is 5.87. The fourth-order valence-electron chi connectivity index (χ4n) is 3.02. The summed E-state index contributed by atoms with van der Waals surface area (Å²) >= 11 is 1.47. The van der Waals surface area contributed by atoms with Gasteiger partial charge in [0, 0.05) is 31.7 Å². The molecule has 3 heterocycles. The minimum atomic E-state index is 0.0205. The molecule has 26 heavy (non-hydrogen) atoms. The molecule has 0 spiro atoms. The number of anilines is 3. The molecule has 4 N–H and O–H groups in total. The summed E-state index contributed by atoms with van der Waals surface area (Å²) in [4.78, 5) is 23.8. The van der Waals surface area contributed by atoms with Gasteiger partial charge in [0.1, 0.15) is 11.6 Å². The van der Waals surface area contributed by atoms with E-state index >= 15 is 0 Å². The zero-order valence-electron chi connectivity index (χ0n) is 15.1. The number of nitrogens with two attached hydrogens (primary N) is 1. The Morgan fingerprint density at radius 1 is 1.38 bits per heavy atom. The van der Waals surface area contributed by atoms with E-state index in [4.69, 9.17) is 5.73 Å². The molecule has 1 amide bonds. The van der Waals surface area contributed by atoms with Gasteiger partial charge in [-0.1, -0.05) is 19.4 Å². The summed E-state index contributed by atoms with van der Waals surface area (Å²) in [5, 5.41) is 8.35. The number of nitrogens with zero attached hydrogens (tertiary/aromatic N) is 3. The van der Waals surface area contributed by atoms with Crippen molar-refractivity contribution >= 4 is 34.8 Å². The van der Waals surface area contributed by atoms with E-state index in [1.54, 1.807) is 0 Å². The molecule has 8 heteroatoms. The number of rotatable bonds is 7. The number of aromatic nitrogens is 2. The zero-order valence-corrected chi connectivity index (χ0v) is 15.9. The first-order chi connectivity index (χ1) is 12.7. The molecular formula is C18H26N6OS. The van der Waals surface area contributed by atoms with E-state index in [0.29, 0.717) is 0 Å². The number of hydrogen-bond donors (Lipinski definition) is 3. The highest BCUT2D eigenvalue weighted by Gasteiger charge is 2.23. The lowest BCUT2D eigenvalue weighted by Crippen LogP contribution is -2.44. The van der Waals surface area contributed by atoms with Gasteiger partial charge in [0.15, 0.2) is 0 Å². The quantitative estimate of drug-likeness (QED) is 0.645. The Kier molecular flexibility index (Phi) is 6.27. The van der Waals surface area contributed by atoms with Crippen LogP contribution in [0.2, 0.25) is 0 Å². The number of nitrogen functional groups attached to an aromatic ring is 1. The molecule has 0 bridgehead atoms. The van der Waals surface area contributed by atoms with Crippen LogP contribution in [0.4, 0.5) is 17.6 Å². The van der Waals surface area contributed by atoms with Crippen LogP contribution in [0.5, 0.6) is 0 Å². The molecule has 1 aliphatic heterocycles. The second kappa shape index (κ2) is 8.84. The molecule has 1 saturated heterocycles. The molecule has 0 radical (unpaired) electrons. The summed E-state index contributed by atoms with van der Waals surface area (Å²) in [6, 6.07) is 5.90. The summed E-state index contributed by atoms with van der Waals surface area (Å²) in [7, 11) is 0. The van der Waals surface area contributed by atoms with E-state index in [1.807, 2.05) is 23.6 Å². The number of carbonyl (C=O) groups excluding carboxylic acids is 1. The van der Waals surface area contributed by atoms with Crippen molar-refractivity contribution in [2.75, 3.05) is 35.6 Å². The molecule has 1 fully saturated rings. The molecule has 0 aliphatic carbocycles. The zero-order chi connectivity index (χ0) is 18.4. The molecule has 7 nitrogen and oxygen atoms in total. The summed E-state index contributed by atoms with van der Waals surface area (Å²) < 4.78 is 0. The van der Waals surface area contributed by atoms with Gasteiger partial charge in [0.25, 0.3) is 5.91 Å². The summed E-state index contributed by atoms with van der Waals surface area (Å²) in [6.07, 6.45) is 4.00. The number of nitrogens with one attached hydrogen (secondary N) is 2. The van der Waals surface area contributed by atoms with Crippen molar-refractivity contribution in [2.24, 2.45) is 0 Å². The van der Waals surface area contributed by atoms with E-state index in [2.05, 4.69) is 32.4 Å². The Labute approximate surface area is 158 Å². The van der Waals surface area contributed by atoms with Gasteiger partial charge >= 0.3 is 0 Å². The van der Waals surface area contributed by atoms with Gasteiger partial charge in [-0.05, 0) is 30.7 Å². The standard InChI is InChI=1S/C18H26N6OS/c1-2-3-8-20-15-12-16(23-18(19)22-15)24-9-6-13(7-10-24)21-17(25)14-5-4-11-26-14/h4-5,11-13H,2-3,6-10H2,1H3,(H,21,25)(H3,19,20,22,23). The first-order valence-corrected chi connectivity index (χ1v) is 10.0. The highest BCUT2D eigenvalue weighted by Crippen LogP contribution is 2.22. The van der Waals surface area contributed by atoms with Crippen molar-refractivity contribution in [3.63, 3.8) is 0 Å². The van der Waals surface area contributed by atoms with E-state index < -0.39 is 0 Å². The SMILES string of the molecule is CCCCNc1cc(N2CCC(NC(=O)c3cccs3)CC2)nc(N)n1. The van der Waals surface area contributed by atoms with Gasteiger partial charge in [-0.25, -0.2) is 0 Å². The Morgan fingerprint density at radius 2 is 2.19 bits per heavy atom. The lowest BCUT2D eigenvalue weighted by atomic mass is 10.0. The van der Waals surface area contributed by atoms with E-state index in [-0.39, 0.29) is 17.9 Å². The van der Waals surface area contributed by atoms with Crippen LogP contribution in [-0.4, -0.2) is 41.6 Å². The monoisotopic (exact) mass is 374 g/mol. The minimum absolute atomic E-state index is 0.0205. The van der Waals surface area contributed by atoms with Crippen LogP contribution < -0.4 is 21.3 Å². The van der Waals surface area contributed by atoms with Crippen LogP contribution in [0, 0.1) is 0 Å². The Bertz CT molecular complexity index is 712. The number of carbonyl (C=O) groups is 1. The van der Waals surface area contributed by atoms with Crippen molar-refractivity contribution in [1.29, 1.82) is 0 Å². The molecule has 1 aliphatic rings. The van der Waals surface area contributed by atoms with Crippen LogP contribution in [0.3, 0.4) is 0 Å². The van der Waals surface area contributed by atoms with Gasteiger partial charge in [0.05, 0.1) is 4.88 Å². The van der Waals surface area contributed by atoms with Crippen molar-refractivity contribution in [2.45, 2.75) is 38.6 Å². The average Bonchev–Trinajstić information content (AvgIpc) is 3.17. The maximum atomic E-state index is 12.2. The van der Waals surface area contributed by atoms with Gasteiger partial charge in [-0.15, -0.1) is 11.3 Å².